The number of thiophene rings is 1. The SMILES string of the molecule is Cc1ccc(CC(=O)Nc2ccc(C(=O)O)s2)cc1. The smallest absolute Gasteiger partial charge is 0.345 e. The Morgan fingerprint density at radius 3 is 2.42 bits per heavy atom. The van der Waals surface area contributed by atoms with Gasteiger partial charge in [-0.15, -0.1) is 11.3 Å². The highest BCUT2D eigenvalue weighted by Crippen LogP contribution is 2.21. The minimum atomic E-state index is -0.982. The highest BCUT2D eigenvalue weighted by atomic mass is 32.1. The van der Waals surface area contributed by atoms with Crippen LogP contribution in [0, 0.1) is 6.92 Å². The minimum absolute atomic E-state index is 0.150. The molecule has 0 fully saturated rings. The lowest BCUT2D eigenvalue weighted by Gasteiger charge is -2.03. The molecule has 0 unspecified atom stereocenters. The number of rotatable bonds is 4. The van der Waals surface area contributed by atoms with E-state index < -0.39 is 5.97 Å². The van der Waals surface area contributed by atoms with Crippen LogP contribution in [0.3, 0.4) is 0 Å². The van der Waals surface area contributed by atoms with Gasteiger partial charge in [0.15, 0.2) is 0 Å². The molecular formula is C14H13NO3S. The summed E-state index contributed by atoms with van der Waals surface area (Å²) in [5.41, 5.74) is 2.08. The first-order valence-electron chi connectivity index (χ1n) is 5.73. The molecule has 0 aliphatic carbocycles. The van der Waals surface area contributed by atoms with Gasteiger partial charge in [0.1, 0.15) is 4.88 Å². The van der Waals surface area contributed by atoms with Gasteiger partial charge in [0.25, 0.3) is 0 Å². The van der Waals surface area contributed by atoms with Crippen molar-refractivity contribution < 1.29 is 14.7 Å². The summed E-state index contributed by atoms with van der Waals surface area (Å²) >= 11 is 1.05. The number of carbonyl (C=O) groups excluding carboxylic acids is 1. The van der Waals surface area contributed by atoms with Crippen molar-refractivity contribution in [3.8, 4) is 0 Å². The van der Waals surface area contributed by atoms with E-state index in [9.17, 15) is 9.59 Å². The molecule has 4 nitrogen and oxygen atoms in total. The van der Waals surface area contributed by atoms with Crippen molar-refractivity contribution in [2.75, 3.05) is 5.32 Å². The van der Waals surface area contributed by atoms with E-state index in [0.29, 0.717) is 5.00 Å². The average molecular weight is 275 g/mol. The van der Waals surface area contributed by atoms with Gasteiger partial charge in [-0.3, -0.25) is 4.79 Å². The maximum Gasteiger partial charge on any atom is 0.345 e. The molecular weight excluding hydrogens is 262 g/mol. The lowest BCUT2D eigenvalue weighted by Crippen LogP contribution is -2.13. The summed E-state index contributed by atoms with van der Waals surface area (Å²) in [7, 11) is 0. The van der Waals surface area contributed by atoms with E-state index in [0.717, 1.165) is 22.5 Å². The molecule has 5 heteroatoms. The molecule has 0 aliphatic rings. The second kappa shape index (κ2) is 5.67. The molecule has 98 valence electrons. The van der Waals surface area contributed by atoms with Crippen LogP contribution >= 0.6 is 11.3 Å². The van der Waals surface area contributed by atoms with Crippen LogP contribution < -0.4 is 5.32 Å². The molecule has 0 saturated heterocycles. The molecule has 1 aromatic heterocycles. The summed E-state index contributed by atoms with van der Waals surface area (Å²) < 4.78 is 0. The molecule has 0 spiro atoms. The van der Waals surface area contributed by atoms with Crippen molar-refractivity contribution >= 4 is 28.2 Å². The summed E-state index contributed by atoms with van der Waals surface area (Å²) in [6.07, 6.45) is 0.278. The summed E-state index contributed by atoms with van der Waals surface area (Å²) in [5, 5.41) is 12.0. The van der Waals surface area contributed by atoms with Crippen molar-refractivity contribution in [3.05, 3.63) is 52.4 Å². The number of amides is 1. The fourth-order valence-corrected chi connectivity index (χ4v) is 2.35. The Kier molecular flexibility index (Phi) is 3.97. The molecule has 0 atom stereocenters. The van der Waals surface area contributed by atoms with Crippen LogP contribution in [-0.4, -0.2) is 17.0 Å². The number of carboxylic acids is 1. The zero-order valence-corrected chi connectivity index (χ0v) is 11.2. The summed E-state index contributed by atoms with van der Waals surface area (Å²) in [6, 6.07) is 10.8. The maximum absolute atomic E-state index is 11.8. The molecule has 0 aliphatic heterocycles. The van der Waals surface area contributed by atoms with E-state index in [1.807, 2.05) is 31.2 Å². The molecule has 19 heavy (non-hydrogen) atoms. The second-order valence-electron chi connectivity index (χ2n) is 4.18. The molecule has 1 amide bonds. The molecule has 2 rings (SSSR count). The third-order valence-electron chi connectivity index (χ3n) is 2.56. The quantitative estimate of drug-likeness (QED) is 0.901. The Balaban J connectivity index is 1.97. The predicted molar refractivity (Wildman–Crippen MR) is 74.8 cm³/mol. The number of nitrogens with one attached hydrogen (secondary N) is 1. The van der Waals surface area contributed by atoms with Crippen LogP contribution in [0.25, 0.3) is 0 Å². The summed E-state index contributed by atoms with van der Waals surface area (Å²) in [6.45, 7) is 1.99. The zero-order chi connectivity index (χ0) is 13.8. The number of anilines is 1. The number of benzene rings is 1. The van der Waals surface area contributed by atoms with E-state index >= 15 is 0 Å². The lowest BCUT2D eigenvalue weighted by atomic mass is 10.1. The monoisotopic (exact) mass is 275 g/mol. The van der Waals surface area contributed by atoms with Crippen LogP contribution in [0.2, 0.25) is 0 Å². The van der Waals surface area contributed by atoms with Crippen molar-refractivity contribution in [3.63, 3.8) is 0 Å². The van der Waals surface area contributed by atoms with Crippen LogP contribution in [0.15, 0.2) is 36.4 Å². The number of hydrogen-bond donors (Lipinski definition) is 2. The number of carbonyl (C=O) groups is 2. The molecule has 2 N–H and O–H groups in total. The van der Waals surface area contributed by atoms with Gasteiger partial charge in [0.2, 0.25) is 5.91 Å². The van der Waals surface area contributed by atoms with Crippen molar-refractivity contribution in [2.24, 2.45) is 0 Å². The first-order chi connectivity index (χ1) is 9.04. The molecule has 0 saturated carbocycles. The van der Waals surface area contributed by atoms with Crippen molar-refractivity contribution in [1.82, 2.24) is 0 Å². The fourth-order valence-electron chi connectivity index (χ4n) is 1.59. The third-order valence-corrected chi connectivity index (χ3v) is 3.55. The van der Waals surface area contributed by atoms with Crippen LogP contribution in [0.4, 0.5) is 5.00 Å². The van der Waals surface area contributed by atoms with Gasteiger partial charge >= 0.3 is 5.97 Å². The van der Waals surface area contributed by atoms with Gasteiger partial charge in [-0.25, -0.2) is 4.79 Å². The van der Waals surface area contributed by atoms with Crippen LogP contribution in [-0.2, 0) is 11.2 Å². The highest BCUT2D eigenvalue weighted by molar-refractivity contribution is 7.18. The van der Waals surface area contributed by atoms with Gasteiger partial charge in [-0.2, -0.15) is 0 Å². The Morgan fingerprint density at radius 1 is 1.16 bits per heavy atom. The van der Waals surface area contributed by atoms with Crippen molar-refractivity contribution in [2.45, 2.75) is 13.3 Å². The fraction of sp³-hybridized carbons (Fsp3) is 0.143. The molecule has 0 bridgehead atoms. The van der Waals surface area contributed by atoms with E-state index in [4.69, 9.17) is 5.11 Å². The summed E-state index contributed by atoms with van der Waals surface area (Å²) in [4.78, 5) is 22.7. The van der Waals surface area contributed by atoms with Gasteiger partial charge < -0.3 is 10.4 Å². The van der Waals surface area contributed by atoms with Crippen molar-refractivity contribution in [1.29, 1.82) is 0 Å². The average Bonchev–Trinajstić information content (AvgIpc) is 2.80. The minimum Gasteiger partial charge on any atom is -0.477 e. The molecule has 1 heterocycles. The maximum atomic E-state index is 11.8. The molecule has 2 aromatic rings. The van der Waals surface area contributed by atoms with Gasteiger partial charge in [-0.05, 0) is 24.6 Å². The van der Waals surface area contributed by atoms with Gasteiger partial charge in [0, 0.05) is 0 Å². The van der Waals surface area contributed by atoms with Crippen LogP contribution in [0.1, 0.15) is 20.8 Å². The van der Waals surface area contributed by atoms with Crippen LogP contribution in [0.5, 0.6) is 0 Å². The highest BCUT2D eigenvalue weighted by Gasteiger charge is 2.09. The van der Waals surface area contributed by atoms with E-state index in [-0.39, 0.29) is 17.2 Å². The first kappa shape index (κ1) is 13.3. The Hall–Kier alpha value is -2.14. The number of aryl methyl sites for hydroxylation is 1. The second-order valence-corrected chi connectivity index (χ2v) is 5.26. The predicted octanol–water partition coefficient (Wildman–Crippen LogP) is 2.94. The zero-order valence-electron chi connectivity index (χ0n) is 10.3. The topological polar surface area (TPSA) is 66.4 Å². The van der Waals surface area contributed by atoms with Gasteiger partial charge in [-0.1, -0.05) is 29.8 Å². The number of hydrogen-bond acceptors (Lipinski definition) is 3. The van der Waals surface area contributed by atoms with Gasteiger partial charge in [0.05, 0.1) is 11.4 Å². The van der Waals surface area contributed by atoms with E-state index in [2.05, 4.69) is 5.32 Å². The molecule has 0 radical (unpaired) electrons. The Morgan fingerprint density at radius 2 is 1.84 bits per heavy atom. The number of aromatic carboxylic acids is 1. The molecule has 1 aromatic carbocycles. The standard InChI is InChI=1S/C14H13NO3S/c1-9-2-4-10(5-3-9)8-12(16)15-13-7-6-11(19-13)14(17)18/h2-7H,8H2,1H3,(H,15,16)(H,17,18). The Bertz CT molecular complexity index is 601. The first-order valence-corrected chi connectivity index (χ1v) is 6.55. The number of carboxylic acid groups (broad SMARTS) is 1. The third kappa shape index (κ3) is 3.66. The Labute approximate surface area is 114 Å². The summed E-state index contributed by atoms with van der Waals surface area (Å²) in [5.74, 6) is -1.13. The van der Waals surface area contributed by atoms with E-state index in [1.54, 1.807) is 6.07 Å². The largest absolute Gasteiger partial charge is 0.477 e. The lowest BCUT2D eigenvalue weighted by molar-refractivity contribution is -0.115. The normalized spacial score (nSPS) is 10.2. The van der Waals surface area contributed by atoms with E-state index in [1.165, 1.54) is 6.07 Å².